The Morgan fingerprint density at radius 3 is 1.45 bits per heavy atom. The highest BCUT2D eigenvalue weighted by atomic mass is 15.1. The van der Waals surface area contributed by atoms with Gasteiger partial charge in [-0.25, -0.2) is 0 Å². The Hall–Kier alpha value is -6.84. The molecule has 8 aromatic carbocycles. The summed E-state index contributed by atoms with van der Waals surface area (Å²) in [5.41, 5.74) is -4.83. The molecule has 238 valence electrons. The molecule has 3 heterocycles. The first-order valence-corrected chi connectivity index (χ1v) is 15.3. The van der Waals surface area contributed by atoms with Crippen LogP contribution in [0.2, 0.25) is 0 Å². The standard InChI is InChI=1S/C48H31N3/c1-2-14-32(15-3-1)33-28-30-34(31-29-33)49-43-24-11-7-19-39(43)47-44(49)25-13-26-45(47)51-42-23-10-6-18-37(42)38-20-12-27-46(48(38)51)50-40-21-8-4-16-35(40)36-17-5-9-22-41(36)50/h1-31H/i1D,2D,3D,4D,5D,6D,7D,8D,9D,10D,11D,12D,13D,14D,15D,16D,17D,18D,19D,20D,21D,22D,23D,24D,25D,26D,27D. The van der Waals surface area contributed by atoms with Crippen molar-refractivity contribution in [2.75, 3.05) is 0 Å². The SMILES string of the molecule is [2H]c1c([2H])c([2H])c(-c2ccc(-n3c4c([2H])c([2H])c([2H])c([2H])c4c4c(-n5c6c([2H])c([2H])c([2H])c([2H])c6c6c([2H])c([2H])c([2H])c(-n7c8c([2H])c([2H])c([2H])c([2H])c8c8c([2H])c([2H])c([2H])c([2H])c87)c65)c([2H])c([2H])c([2H])c43)cc2)c([2H])c1[2H]. The lowest BCUT2D eigenvalue weighted by molar-refractivity contribution is 1.14. The molecule has 3 aromatic heterocycles. The maximum Gasteiger partial charge on any atom is 0.0782 e. The zero-order chi connectivity index (χ0) is 57.0. The lowest BCUT2D eigenvalue weighted by atomic mass is 10.1. The van der Waals surface area contributed by atoms with E-state index >= 15 is 0 Å². The Morgan fingerprint density at radius 1 is 0.314 bits per heavy atom. The predicted molar refractivity (Wildman–Crippen MR) is 215 cm³/mol. The van der Waals surface area contributed by atoms with Crippen molar-refractivity contribution >= 4 is 65.4 Å². The van der Waals surface area contributed by atoms with E-state index in [9.17, 15) is 16.4 Å². The van der Waals surface area contributed by atoms with Crippen LogP contribution < -0.4 is 0 Å². The van der Waals surface area contributed by atoms with Crippen LogP contribution in [0.4, 0.5) is 0 Å². The summed E-state index contributed by atoms with van der Waals surface area (Å²) in [5, 5.41) is -3.02. The van der Waals surface area contributed by atoms with Gasteiger partial charge in [-0.05, 0) is 65.6 Å². The summed E-state index contributed by atoms with van der Waals surface area (Å²) < 4.78 is 247. The maximum atomic E-state index is 9.83. The second-order valence-corrected chi connectivity index (χ2v) is 11.3. The van der Waals surface area contributed by atoms with Crippen molar-refractivity contribution in [1.82, 2.24) is 13.7 Å². The van der Waals surface area contributed by atoms with E-state index in [1.54, 1.807) is 0 Å². The van der Waals surface area contributed by atoms with Crippen LogP contribution in [0.1, 0.15) is 37.0 Å². The lowest BCUT2D eigenvalue weighted by Gasteiger charge is -2.15. The molecular formula is C48H31N3. The number of aromatic nitrogens is 3. The Morgan fingerprint density at radius 2 is 0.784 bits per heavy atom. The summed E-state index contributed by atoms with van der Waals surface area (Å²) in [4.78, 5) is 0. The molecule has 11 aromatic rings. The fourth-order valence-electron chi connectivity index (χ4n) is 6.74. The molecule has 0 fully saturated rings. The van der Waals surface area contributed by atoms with Gasteiger partial charge in [0.1, 0.15) is 0 Å². The van der Waals surface area contributed by atoms with Gasteiger partial charge in [0.25, 0.3) is 0 Å². The summed E-state index contributed by atoms with van der Waals surface area (Å²) in [5.74, 6) is 0. The lowest BCUT2D eigenvalue weighted by Crippen LogP contribution is -2.01. The minimum absolute atomic E-state index is 0.0214. The van der Waals surface area contributed by atoms with Gasteiger partial charge in [0.15, 0.2) is 0 Å². The van der Waals surface area contributed by atoms with Gasteiger partial charge < -0.3 is 13.7 Å². The van der Waals surface area contributed by atoms with E-state index in [0.717, 1.165) is 13.7 Å². The van der Waals surface area contributed by atoms with Crippen LogP contribution in [0.25, 0.3) is 93.6 Å². The zero-order valence-corrected chi connectivity index (χ0v) is 25.7. The number of hydrogen-bond donors (Lipinski definition) is 0. The van der Waals surface area contributed by atoms with Gasteiger partial charge in [-0.2, -0.15) is 0 Å². The van der Waals surface area contributed by atoms with Crippen molar-refractivity contribution in [1.29, 1.82) is 0 Å². The molecule has 0 amide bonds. The number of hydrogen-bond acceptors (Lipinski definition) is 0. The van der Waals surface area contributed by atoms with E-state index < -0.39 is 234 Å². The third kappa shape index (κ3) is 4.00. The maximum absolute atomic E-state index is 9.83. The van der Waals surface area contributed by atoms with E-state index in [1.165, 1.54) is 24.3 Å². The third-order valence-corrected chi connectivity index (χ3v) is 8.79. The fourth-order valence-corrected chi connectivity index (χ4v) is 6.74. The molecule has 3 nitrogen and oxygen atoms in total. The minimum atomic E-state index is -0.986. The molecule has 0 bridgehead atoms. The number of benzene rings is 8. The predicted octanol–water partition coefficient (Wildman–Crippen LogP) is 12.6. The van der Waals surface area contributed by atoms with E-state index in [-0.39, 0.29) is 22.3 Å². The molecule has 0 radical (unpaired) electrons. The first-order valence-electron chi connectivity index (χ1n) is 28.8. The van der Waals surface area contributed by atoms with Gasteiger partial charge in [-0.15, -0.1) is 0 Å². The molecule has 0 aliphatic rings. The highest BCUT2D eigenvalue weighted by molar-refractivity contribution is 6.18. The highest BCUT2D eigenvalue weighted by Crippen LogP contribution is 2.43. The first kappa shape index (κ1) is 12.5. The number of para-hydroxylation sites is 5. The highest BCUT2D eigenvalue weighted by Gasteiger charge is 2.22. The Labute approximate surface area is 332 Å². The molecule has 0 aliphatic heterocycles. The Kier molecular flexibility index (Phi) is 2.65. The molecule has 0 atom stereocenters. The van der Waals surface area contributed by atoms with Gasteiger partial charge in [0.2, 0.25) is 0 Å². The molecule has 51 heavy (non-hydrogen) atoms. The van der Waals surface area contributed by atoms with Gasteiger partial charge in [0, 0.05) is 38.0 Å². The number of nitrogens with zero attached hydrogens (tertiary/aromatic N) is 3. The molecule has 3 heteroatoms. The second-order valence-electron chi connectivity index (χ2n) is 11.3. The van der Waals surface area contributed by atoms with Crippen molar-refractivity contribution in [3.63, 3.8) is 0 Å². The van der Waals surface area contributed by atoms with Crippen LogP contribution in [0.5, 0.6) is 0 Å². The topological polar surface area (TPSA) is 14.8 Å². The molecule has 0 spiro atoms. The molecule has 0 saturated heterocycles. The van der Waals surface area contributed by atoms with Gasteiger partial charge in [-0.1, -0.05) is 133 Å². The summed E-state index contributed by atoms with van der Waals surface area (Å²) in [6.45, 7) is 0. The number of fused-ring (bicyclic) bond motifs is 9. The van der Waals surface area contributed by atoms with Crippen LogP contribution in [0.3, 0.4) is 0 Å². The van der Waals surface area contributed by atoms with Gasteiger partial charge in [0.05, 0.1) is 81.5 Å². The average molecular weight is 677 g/mol. The Bertz CT molecular complexity index is 4580. The first-order chi connectivity index (χ1) is 36.6. The molecule has 11 rings (SSSR count). The van der Waals surface area contributed by atoms with Gasteiger partial charge >= 0.3 is 0 Å². The van der Waals surface area contributed by atoms with Crippen molar-refractivity contribution in [2.45, 2.75) is 0 Å². The van der Waals surface area contributed by atoms with Gasteiger partial charge in [-0.3, -0.25) is 0 Å². The normalized spacial score (nSPS) is 19.3. The summed E-state index contributed by atoms with van der Waals surface area (Å²) in [7, 11) is 0. The average Bonchev–Trinajstić information content (AvgIpc) is 4.30. The monoisotopic (exact) mass is 676 g/mol. The fraction of sp³-hybridized carbons (Fsp3) is 0. The van der Waals surface area contributed by atoms with Crippen LogP contribution in [-0.2, 0) is 0 Å². The quantitative estimate of drug-likeness (QED) is 0.176. The molecule has 0 saturated carbocycles. The van der Waals surface area contributed by atoms with Crippen LogP contribution >= 0.6 is 0 Å². The van der Waals surface area contributed by atoms with Crippen LogP contribution in [0, 0.1) is 0 Å². The van der Waals surface area contributed by atoms with E-state index in [1.807, 2.05) is 0 Å². The van der Waals surface area contributed by atoms with Crippen molar-refractivity contribution in [2.24, 2.45) is 0 Å². The van der Waals surface area contributed by atoms with Crippen molar-refractivity contribution < 1.29 is 37.0 Å². The summed E-state index contributed by atoms with van der Waals surface area (Å²) in [6, 6.07) is -16.7. The van der Waals surface area contributed by atoms with E-state index in [4.69, 9.17) is 20.6 Å². The van der Waals surface area contributed by atoms with E-state index in [0.29, 0.717) is 0 Å². The Balaban J connectivity index is 1.44. The summed E-state index contributed by atoms with van der Waals surface area (Å²) in [6.07, 6.45) is 0. The van der Waals surface area contributed by atoms with Crippen LogP contribution in [0.15, 0.2) is 187 Å². The minimum Gasteiger partial charge on any atom is -0.309 e. The zero-order valence-electron chi connectivity index (χ0n) is 52.7. The largest absolute Gasteiger partial charge is 0.309 e. The smallest absolute Gasteiger partial charge is 0.0782 e. The van der Waals surface area contributed by atoms with Crippen LogP contribution in [-0.4, -0.2) is 13.7 Å². The third-order valence-electron chi connectivity index (χ3n) is 8.79. The summed E-state index contributed by atoms with van der Waals surface area (Å²) >= 11 is 0. The van der Waals surface area contributed by atoms with Crippen molar-refractivity contribution in [3.05, 3.63) is 187 Å². The molecule has 0 N–H and O–H groups in total. The second kappa shape index (κ2) is 10.8. The van der Waals surface area contributed by atoms with Crippen molar-refractivity contribution in [3.8, 4) is 28.2 Å². The molecule has 0 aliphatic carbocycles. The molecular weight excluding hydrogens is 619 g/mol. The number of rotatable bonds is 4. The molecule has 0 unspecified atom stereocenters. The van der Waals surface area contributed by atoms with E-state index in [2.05, 4.69) is 0 Å².